The van der Waals surface area contributed by atoms with Crippen molar-refractivity contribution < 1.29 is 9.53 Å². The highest BCUT2D eigenvalue weighted by Crippen LogP contribution is 2.17. The molecule has 0 saturated carbocycles. The number of rotatable bonds is 5. The van der Waals surface area contributed by atoms with Gasteiger partial charge in [-0.2, -0.15) is 0 Å². The highest BCUT2D eigenvalue weighted by molar-refractivity contribution is 5.86. The molecule has 1 aromatic carbocycles. The molecule has 1 saturated heterocycles. The Bertz CT molecular complexity index is 606. The van der Waals surface area contributed by atoms with Crippen LogP contribution in [0, 0.1) is 0 Å². The van der Waals surface area contributed by atoms with Gasteiger partial charge >= 0.3 is 0 Å². The van der Waals surface area contributed by atoms with Crippen molar-refractivity contribution in [3.8, 4) is 5.88 Å². The second-order valence-electron chi connectivity index (χ2n) is 5.12. The molecule has 4 heteroatoms. The van der Waals surface area contributed by atoms with Gasteiger partial charge in [-0.15, -0.1) is 0 Å². The molecular weight excluding hydrogens is 252 g/mol. The Kier molecular flexibility index (Phi) is 3.92. The number of fused-ring (bicyclic) bond motifs is 1. The summed E-state index contributed by atoms with van der Waals surface area (Å²) in [7, 11) is 0. The molecule has 104 valence electrons. The van der Waals surface area contributed by atoms with Crippen molar-refractivity contribution in [2.75, 3.05) is 26.2 Å². The van der Waals surface area contributed by atoms with Gasteiger partial charge in [-0.05, 0) is 50.2 Å². The zero-order chi connectivity index (χ0) is 13.8. The lowest BCUT2D eigenvalue weighted by Crippen LogP contribution is -2.25. The Morgan fingerprint density at radius 3 is 2.85 bits per heavy atom. The van der Waals surface area contributed by atoms with E-state index < -0.39 is 0 Å². The highest BCUT2D eigenvalue weighted by atomic mass is 16.5. The van der Waals surface area contributed by atoms with Crippen molar-refractivity contribution in [2.24, 2.45) is 0 Å². The van der Waals surface area contributed by atoms with Crippen molar-refractivity contribution in [2.45, 2.75) is 12.8 Å². The molecule has 0 radical (unpaired) electrons. The summed E-state index contributed by atoms with van der Waals surface area (Å²) in [5, 5.41) is 0.960. The number of ether oxygens (including phenoxy) is 1. The lowest BCUT2D eigenvalue weighted by molar-refractivity contribution is 0.112. The lowest BCUT2D eigenvalue weighted by atomic mass is 10.1. The van der Waals surface area contributed by atoms with Crippen LogP contribution in [0.5, 0.6) is 5.88 Å². The first-order chi connectivity index (χ1) is 9.85. The molecule has 4 nitrogen and oxygen atoms in total. The van der Waals surface area contributed by atoms with Crippen LogP contribution in [0.2, 0.25) is 0 Å². The van der Waals surface area contributed by atoms with E-state index in [1.165, 1.54) is 25.9 Å². The van der Waals surface area contributed by atoms with Gasteiger partial charge < -0.3 is 4.74 Å². The number of hydrogen-bond acceptors (Lipinski definition) is 4. The van der Waals surface area contributed by atoms with E-state index in [0.29, 0.717) is 18.1 Å². The summed E-state index contributed by atoms with van der Waals surface area (Å²) in [4.78, 5) is 17.6. The van der Waals surface area contributed by atoms with Crippen LogP contribution in [0.4, 0.5) is 0 Å². The highest BCUT2D eigenvalue weighted by Gasteiger charge is 2.10. The first-order valence-electron chi connectivity index (χ1n) is 7.06. The zero-order valence-corrected chi connectivity index (χ0v) is 11.4. The normalized spacial score (nSPS) is 15.6. The number of aldehydes is 1. The molecule has 2 heterocycles. The maximum Gasteiger partial charge on any atom is 0.213 e. The third-order valence-corrected chi connectivity index (χ3v) is 3.68. The monoisotopic (exact) mass is 270 g/mol. The number of nitrogens with zero attached hydrogens (tertiary/aromatic N) is 2. The van der Waals surface area contributed by atoms with Gasteiger partial charge in [-0.1, -0.05) is 0 Å². The van der Waals surface area contributed by atoms with Crippen LogP contribution in [0.25, 0.3) is 10.9 Å². The van der Waals surface area contributed by atoms with Gasteiger partial charge in [0.25, 0.3) is 0 Å². The number of pyridine rings is 1. The number of likely N-dealkylation sites (tertiary alicyclic amines) is 1. The quantitative estimate of drug-likeness (QED) is 0.783. The van der Waals surface area contributed by atoms with Crippen molar-refractivity contribution in [1.82, 2.24) is 9.88 Å². The zero-order valence-electron chi connectivity index (χ0n) is 11.4. The van der Waals surface area contributed by atoms with Crippen LogP contribution in [-0.4, -0.2) is 42.4 Å². The lowest BCUT2D eigenvalue weighted by Gasteiger charge is -2.14. The fourth-order valence-electron chi connectivity index (χ4n) is 2.56. The fourth-order valence-corrected chi connectivity index (χ4v) is 2.56. The molecule has 0 amide bonds. The molecule has 0 aliphatic carbocycles. The molecule has 0 unspecified atom stereocenters. The first-order valence-corrected chi connectivity index (χ1v) is 7.06. The number of carbonyl (C=O) groups is 1. The molecule has 20 heavy (non-hydrogen) atoms. The summed E-state index contributed by atoms with van der Waals surface area (Å²) >= 11 is 0. The maximum atomic E-state index is 10.7. The minimum absolute atomic E-state index is 0.649. The van der Waals surface area contributed by atoms with E-state index in [1.807, 2.05) is 24.3 Å². The molecule has 1 fully saturated rings. The fraction of sp³-hybridized carbons (Fsp3) is 0.375. The Hall–Kier alpha value is -1.94. The minimum Gasteiger partial charge on any atom is -0.476 e. The van der Waals surface area contributed by atoms with Crippen molar-refractivity contribution >= 4 is 17.2 Å². The summed E-state index contributed by atoms with van der Waals surface area (Å²) in [6.07, 6.45) is 3.44. The number of hydrogen-bond donors (Lipinski definition) is 0. The molecule has 0 spiro atoms. The van der Waals surface area contributed by atoms with E-state index in [1.54, 1.807) is 6.07 Å². The summed E-state index contributed by atoms with van der Waals surface area (Å²) in [6.45, 7) is 4.00. The number of benzene rings is 1. The van der Waals surface area contributed by atoms with Crippen LogP contribution in [0.1, 0.15) is 23.2 Å². The molecule has 3 rings (SSSR count). The maximum absolute atomic E-state index is 10.7. The Morgan fingerprint density at radius 2 is 2.05 bits per heavy atom. The molecule has 1 aliphatic rings. The summed E-state index contributed by atoms with van der Waals surface area (Å²) in [6, 6.07) is 9.27. The Morgan fingerprint density at radius 1 is 1.20 bits per heavy atom. The van der Waals surface area contributed by atoms with Gasteiger partial charge in [0.05, 0.1) is 5.52 Å². The molecule has 0 N–H and O–H groups in total. The molecule has 1 aliphatic heterocycles. The van der Waals surface area contributed by atoms with E-state index in [0.717, 1.165) is 23.7 Å². The SMILES string of the molecule is O=Cc1ccc2nc(OCCN3CCCC3)ccc2c1. The van der Waals surface area contributed by atoms with Gasteiger partial charge in [0, 0.05) is 23.6 Å². The van der Waals surface area contributed by atoms with Crippen molar-refractivity contribution in [3.05, 3.63) is 35.9 Å². The molecule has 1 aromatic heterocycles. The van der Waals surface area contributed by atoms with Gasteiger partial charge in [0.1, 0.15) is 12.9 Å². The standard InChI is InChI=1S/C16H18N2O2/c19-12-13-3-5-15-14(11-13)4-6-16(17-15)20-10-9-18-7-1-2-8-18/h3-6,11-12H,1-2,7-10H2. The average molecular weight is 270 g/mol. The molecular formula is C16H18N2O2. The van der Waals surface area contributed by atoms with E-state index in [2.05, 4.69) is 9.88 Å². The number of aromatic nitrogens is 1. The van der Waals surface area contributed by atoms with Crippen LogP contribution in [-0.2, 0) is 0 Å². The van der Waals surface area contributed by atoms with Crippen molar-refractivity contribution in [3.63, 3.8) is 0 Å². The third-order valence-electron chi connectivity index (χ3n) is 3.68. The van der Waals surface area contributed by atoms with Gasteiger partial charge in [0.2, 0.25) is 5.88 Å². The smallest absolute Gasteiger partial charge is 0.213 e. The van der Waals surface area contributed by atoms with E-state index >= 15 is 0 Å². The van der Waals surface area contributed by atoms with Gasteiger partial charge in [-0.3, -0.25) is 9.69 Å². The van der Waals surface area contributed by atoms with E-state index in [4.69, 9.17) is 4.74 Å². The van der Waals surface area contributed by atoms with E-state index in [-0.39, 0.29) is 0 Å². The second kappa shape index (κ2) is 6.01. The minimum atomic E-state index is 0.649. The predicted molar refractivity (Wildman–Crippen MR) is 78.3 cm³/mol. The van der Waals surface area contributed by atoms with Crippen LogP contribution in [0.3, 0.4) is 0 Å². The van der Waals surface area contributed by atoms with Crippen molar-refractivity contribution in [1.29, 1.82) is 0 Å². The average Bonchev–Trinajstić information content (AvgIpc) is 3.00. The first kappa shape index (κ1) is 13.1. The van der Waals surface area contributed by atoms with Crippen LogP contribution >= 0.6 is 0 Å². The topological polar surface area (TPSA) is 42.4 Å². The predicted octanol–water partition coefficient (Wildman–Crippen LogP) is 2.52. The van der Waals surface area contributed by atoms with Crippen LogP contribution in [0.15, 0.2) is 30.3 Å². The second-order valence-corrected chi connectivity index (χ2v) is 5.12. The summed E-state index contributed by atoms with van der Waals surface area (Å²) in [5.74, 6) is 0.649. The Balaban J connectivity index is 1.64. The third kappa shape index (κ3) is 2.96. The molecule has 2 aromatic rings. The Labute approximate surface area is 118 Å². The molecule has 0 atom stereocenters. The molecule has 0 bridgehead atoms. The van der Waals surface area contributed by atoms with E-state index in [9.17, 15) is 4.79 Å². The number of carbonyl (C=O) groups excluding carboxylic acids is 1. The van der Waals surface area contributed by atoms with Gasteiger partial charge in [0.15, 0.2) is 0 Å². The summed E-state index contributed by atoms with van der Waals surface area (Å²) < 4.78 is 5.71. The summed E-state index contributed by atoms with van der Waals surface area (Å²) in [5.41, 5.74) is 1.52. The van der Waals surface area contributed by atoms with Gasteiger partial charge in [-0.25, -0.2) is 4.98 Å². The van der Waals surface area contributed by atoms with Crippen LogP contribution < -0.4 is 4.74 Å². The largest absolute Gasteiger partial charge is 0.476 e.